The van der Waals surface area contributed by atoms with Crippen LogP contribution in [0.15, 0.2) is 58.6 Å². The molecule has 0 saturated carbocycles. The molecule has 1 saturated heterocycles. The standard InChI is InChI=1S/C23H27ClN4O/c1-16(2)17-6-8-18(9-7-17)23(19-4-3-5-20(24)14-19)15-25-27-22(26-23)28-12-10-21(29)11-13-28/h3-9,14-16,21,29H,10-13H2,1-2H3,(H,26,27). The SMILES string of the molecule is CC(C)c1ccc(C2(c3cccc(Cl)c3)C=NNC(N3CCC(O)CC3)=N2)cc1. The molecule has 2 N–H and O–H groups in total. The topological polar surface area (TPSA) is 60.2 Å². The van der Waals surface area contributed by atoms with E-state index in [1.165, 1.54) is 5.56 Å². The van der Waals surface area contributed by atoms with E-state index in [0.29, 0.717) is 10.9 Å². The van der Waals surface area contributed by atoms with Crippen LogP contribution in [0, 0.1) is 0 Å². The van der Waals surface area contributed by atoms with Gasteiger partial charge in [-0.05, 0) is 47.6 Å². The van der Waals surface area contributed by atoms with E-state index >= 15 is 0 Å². The summed E-state index contributed by atoms with van der Waals surface area (Å²) in [4.78, 5) is 7.32. The number of benzene rings is 2. The van der Waals surface area contributed by atoms with Crippen molar-refractivity contribution in [1.82, 2.24) is 10.3 Å². The minimum absolute atomic E-state index is 0.236. The molecule has 1 fully saturated rings. The van der Waals surface area contributed by atoms with E-state index in [1.54, 1.807) is 0 Å². The Hall–Kier alpha value is -2.37. The molecule has 2 aliphatic heterocycles. The van der Waals surface area contributed by atoms with Crippen LogP contribution < -0.4 is 5.43 Å². The third-order valence-corrected chi connectivity index (χ3v) is 5.98. The number of aliphatic imine (C=N–C) groups is 1. The zero-order valence-electron chi connectivity index (χ0n) is 16.8. The monoisotopic (exact) mass is 410 g/mol. The van der Waals surface area contributed by atoms with Gasteiger partial charge >= 0.3 is 0 Å². The van der Waals surface area contributed by atoms with E-state index in [-0.39, 0.29) is 6.10 Å². The van der Waals surface area contributed by atoms with Crippen molar-refractivity contribution in [2.75, 3.05) is 13.1 Å². The average Bonchev–Trinajstić information content (AvgIpc) is 2.74. The lowest BCUT2D eigenvalue weighted by Crippen LogP contribution is -2.49. The zero-order valence-corrected chi connectivity index (χ0v) is 17.6. The molecule has 152 valence electrons. The first-order valence-electron chi connectivity index (χ1n) is 10.2. The molecule has 2 heterocycles. The van der Waals surface area contributed by atoms with Crippen molar-refractivity contribution in [3.05, 3.63) is 70.2 Å². The van der Waals surface area contributed by atoms with Crippen LogP contribution in [0.1, 0.15) is 49.3 Å². The highest BCUT2D eigenvalue weighted by atomic mass is 35.5. The maximum atomic E-state index is 9.85. The molecule has 1 atom stereocenters. The van der Waals surface area contributed by atoms with Crippen LogP contribution in [0.4, 0.5) is 0 Å². The van der Waals surface area contributed by atoms with Gasteiger partial charge in [0.2, 0.25) is 5.96 Å². The van der Waals surface area contributed by atoms with Crippen molar-refractivity contribution < 1.29 is 5.11 Å². The van der Waals surface area contributed by atoms with Crippen molar-refractivity contribution in [2.45, 2.75) is 44.2 Å². The van der Waals surface area contributed by atoms with Crippen molar-refractivity contribution in [1.29, 1.82) is 0 Å². The Morgan fingerprint density at radius 3 is 2.48 bits per heavy atom. The zero-order chi connectivity index (χ0) is 20.4. The summed E-state index contributed by atoms with van der Waals surface area (Å²) in [6.07, 6.45) is 3.08. The summed E-state index contributed by atoms with van der Waals surface area (Å²) < 4.78 is 0. The number of aliphatic hydroxyl groups is 1. The first-order chi connectivity index (χ1) is 14.0. The van der Waals surface area contributed by atoms with Crippen LogP contribution in [-0.4, -0.2) is 41.4 Å². The van der Waals surface area contributed by atoms with E-state index in [2.05, 4.69) is 53.5 Å². The van der Waals surface area contributed by atoms with E-state index in [1.807, 2.05) is 30.5 Å². The largest absolute Gasteiger partial charge is 0.393 e. The van der Waals surface area contributed by atoms with Gasteiger partial charge < -0.3 is 10.0 Å². The summed E-state index contributed by atoms with van der Waals surface area (Å²) in [5.41, 5.74) is 5.63. The van der Waals surface area contributed by atoms with E-state index in [4.69, 9.17) is 16.6 Å². The van der Waals surface area contributed by atoms with Crippen LogP contribution in [-0.2, 0) is 5.54 Å². The maximum Gasteiger partial charge on any atom is 0.216 e. The fourth-order valence-corrected chi connectivity index (χ4v) is 4.11. The van der Waals surface area contributed by atoms with Crippen LogP contribution >= 0.6 is 11.6 Å². The molecule has 1 unspecified atom stereocenters. The molecule has 2 aromatic carbocycles. The van der Waals surface area contributed by atoms with Gasteiger partial charge in [0.05, 0.1) is 12.3 Å². The number of hydrogen-bond acceptors (Lipinski definition) is 5. The summed E-state index contributed by atoms with van der Waals surface area (Å²) in [5, 5.41) is 15.0. The lowest BCUT2D eigenvalue weighted by Gasteiger charge is -2.37. The van der Waals surface area contributed by atoms with Crippen molar-refractivity contribution in [3.63, 3.8) is 0 Å². The first-order valence-corrected chi connectivity index (χ1v) is 10.6. The number of guanidine groups is 1. The second-order valence-corrected chi connectivity index (χ2v) is 8.51. The number of hydrogen-bond donors (Lipinski definition) is 2. The summed E-state index contributed by atoms with van der Waals surface area (Å²) >= 11 is 6.33. The first kappa shape index (κ1) is 19.9. The molecular formula is C23H27ClN4O. The molecule has 0 amide bonds. The highest BCUT2D eigenvalue weighted by molar-refractivity contribution is 6.30. The average molecular weight is 411 g/mol. The molecule has 0 aromatic heterocycles. The Morgan fingerprint density at radius 2 is 1.83 bits per heavy atom. The highest BCUT2D eigenvalue weighted by Gasteiger charge is 2.37. The molecule has 5 nitrogen and oxygen atoms in total. The Kier molecular flexibility index (Phi) is 5.61. The number of hydrazone groups is 1. The summed E-state index contributed by atoms with van der Waals surface area (Å²) in [7, 11) is 0. The number of nitrogens with one attached hydrogen (secondary N) is 1. The summed E-state index contributed by atoms with van der Waals surface area (Å²) in [5.74, 6) is 1.19. The number of aliphatic hydroxyl groups excluding tert-OH is 1. The van der Waals surface area contributed by atoms with E-state index in [0.717, 1.165) is 43.0 Å². The molecule has 0 spiro atoms. The molecule has 0 aliphatic carbocycles. The molecule has 29 heavy (non-hydrogen) atoms. The minimum Gasteiger partial charge on any atom is -0.393 e. The Bertz CT molecular complexity index is 917. The van der Waals surface area contributed by atoms with Gasteiger partial charge in [-0.1, -0.05) is 61.8 Å². The van der Waals surface area contributed by atoms with Gasteiger partial charge in [0.1, 0.15) is 0 Å². The van der Waals surface area contributed by atoms with Crippen LogP contribution in [0.3, 0.4) is 0 Å². The molecule has 2 aromatic rings. The van der Waals surface area contributed by atoms with Crippen LogP contribution in [0.5, 0.6) is 0 Å². The fraction of sp³-hybridized carbons (Fsp3) is 0.391. The number of rotatable bonds is 3. The predicted molar refractivity (Wildman–Crippen MR) is 119 cm³/mol. The van der Waals surface area contributed by atoms with Gasteiger partial charge in [-0.3, -0.25) is 0 Å². The molecule has 4 rings (SSSR count). The number of piperidine rings is 1. The van der Waals surface area contributed by atoms with Gasteiger partial charge in [0, 0.05) is 18.1 Å². The molecule has 0 radical (unpaired) electrons. The smallest absolute Gasteiger partial charge is 0.216 e. The molecule has 2 aliphatic rings. The normalized spacial score (nSPS) is 22.5. The van der Waals surface area contributed by atoms with Gasteiger partial charge in [-0.15, -0.1) is 0 Å². The number of halogens is 1. The van der Waals surface area contributed by atoms with Crippen molar-refractivity contribution in [2.24, 2.45) is 10.1 Å². The molecular weight excluding hydrogens is 384 g/mol. The molecule has 0 bridgehead atoms. The highest BCUT2D eigenvalue weighted by Crippen LogP contribution is 2.36. The second kappa shape index (κ2) is 8.17. The van der Waals surface area contributed by atoms with Gasteiger partial charge in [0.25, 0.3) is 0 Å². The Balaban J connectivity index is 1.80. The minimum atomic E-state index is -0.753. The lowest BCUT2D eigenvalue weighted by molar-refractivity contribution is 0.107. The van der Waals surface area contributed by atoms with Crippen LogP contribution in [0.2, 0.25) is 5.02 Å². The quantitative estimate of drug-likeness (QED) is 0.800. The van der Waals surface area contributed by atoms with Gasteiger partial charge in [-0.25, -0.2) is 10.4 Å². The Morgan fingerprint density at radius 1 is 1.10 bits per heavy atom. The summed E-state index contributed by atoms with van der Waals surface area (Å²) in [6.45, 7) is 5.88. The van der Waals surface area contributed by atoms with E-state index in [9.17, 15) is 5.11 Å². The van der Waals surface area contributed by atoms with Crippen LogP contribution in [0.25, 0.3) is 0 Å². The Labute approximate surface area is 177 Å². The molecule has 6 heteroatoms. The number of likely N-dealkylation sites (tertiary alicyclic amines) is 1. The predicted octanol–water partition coefficient (Wildman–Crippen LogP) is 4.11. The third-order valence-electron chi connectivity index (χ3n) is 5.74. The maximum absolute atomic E-state index is 9.85. The van der Waals surface area contributed by atoms with Gasteiger partial charge in [0.15, 0.2) is 5.54 Å². The number of nitrogens with zero attached hydrogens (tertiary/aromatic N) is 3. The van der Waals surface area contributed by atoms with E-state index < -0.39 is 5.54 Å². The van der Waals surface area contributed by atoms with Crippen molar-refractivity contribution in [3.8, 4) is 0 Å². The lowest BCUT2D eigenvalue weighted by atomic mass is 9.83. The fourth-order valence-electron chi connectivity index (χ4n) is 3.92. The second-order valence-electron chi connectivity index (χ2n) is 8.08. The van der Waals surface area contributed by atoms with Gasteiger partial charge in [-0.2, -0.15) is 5.10 Å². The summed E-state index contributed by atoms with van der Waals surface area (Å²) in [6, 6.07) is 16.4. The van der Waals surface area contributed by atoms with Crippen molar-refractivity contribution >= 4 is 23.8 Å². The third kappa shape index (κ3) is 4.02.